The minimum Gasteiger partial charge on any atom is -0.393 e. The molecule has 0 saturated carbocycles. The van der Waals surface area contributed by atoms with Gasteiger partial charge in [-0.2, -0.15) is 0 Å². The highest BCUT2D eigenvalue weighted by molar-refractivity contribution is 7.80. The van der Waals surface area contributed by atoms with E-state index in [0.29, 0.717) is 23.5 Å². The van der Waals surface area contributed by atoms with Crippen molar-refractivity contribution in [1.82, 2.24) is 4.90 Å². The van der Waals surface area contributed by atoms with Gasteiger partial charge < -0.3 is 10.6 Å². The van der Waals surface area contributed by atoms with Gasteiger partial charge in [0.25, 0.3) is 5.91 Å². The quantitative estimate of drug-likeness (QED) is 0.871. The summed E-state index contributed by atoms with van der Waals surface area (Å²) in [6.07, 6.45) is 3.98. The molecule has 3 nitrogen and oxygen atoms in total. The van der Waals surface area contributed by atoms with Gasteiger partial charge >= 0.3 is 0 Å². The number of piperidine rings is 1. The second-order valence-electron chi connectivity index (χ2n) is 5.68. The largest absolute Gasteiger partial charge is 0.393 e. The van der Waals surface area contributed by atoms with E-state index in [1.807, 2.05) is 29.2 Å². The third kappa shape index (κ3) is 3.37. The summed E-state index contributed by atoms with van der Waals surface area (Å²) in [6.45, 7) is 4.27. The number of thiocarbonyl (C=S) groups is 1. The molecule has 0 radical (unpaired) electrons. The van der Waals surface area contributed by atoms with Crippen LogP contribution >= 0.6 is 12.2 Å². The minimum absolute atomic E-state index is 0.131. The third-order valence-corrected chi connectivity index (χ3v) is 4.15. The standard InChI is InChI=1S/C16H22N2OS/c1-11-4-3-5-12(2)18(11)16(19)14-8-6-13(7-9-14)10-15(17)20/h6-9,11-12H,3-5,10H2,1-2H3,(H2,17,20). The topological polar surface area (TPSA) is 46.3 Å². The monoisotopic (exact) mass is 290 g/mol. The fourth-order valence-electron chi connectivity index (χ4n) is 2.94. The number of likely N-dealkylation sites (tertiary alicyclic amines) is 1. The van der Waals surface area contributed by atoms with Gasteiger partial charge in [-0.25, -0.2) is 0 Å². The minimum atomic E-state index is 0.131. The average molecular weight is 290 g/mol. The summed E-state index contributed by atoms with van der Waals surface area (Å²) in [5.41, 5.74) is 7.33. The van der Waals surface area contributed by atoms with E-state index in [-0.39, 0.29) is 5.91 Å². The van der Waals surface area contributed by atoms with Gasteiger partial charge in [-0.3, -0.25) is 4.79 Å². The van der Waals surface area contributed by atoms with Crippen molar-refractivity contribution >= 4 is 23.1 Å². The number of carbonyl (C=O) groups excluding carboxylic acids is 1. The Morgan fingerprint density at radius 1 is 1.25 bits per heavy atom. The maximum Gasteiger partial charge on any atom is 0.254 e. The summed E-state index contributed by atoms with van der Waals surface area (Å²) in [5.74, 6) is 0.131. The molecule has 4 heteroatoms. The highest BCUT2D eigenvalue weighted by Crippen LogP contribution is 2.24. The third-order valence-electron chi connectivity index (χ3n) is 4.01. The first kappa shape index (κ1) is 15.0. The molecule has 1 aliphatic rings. The molecule has 108 valence electrons. The van der Waals surface area contributed by atoms with E-state index in [9.17, 15) is 4.79 Å². The first-order valence-electron chi connectivity index (χ1n) is 7.19. The van der Waals surface area contributed by atoms with Crippen LogP contribution in [-0.4, -0.2) is 27.9 Å². The molecule has 0 aliphatic carbocycles. The molecule has 2 N–H and O–H groups in total. The fraction of sp³-hybridized carbons (Fsp3) is 0.500. The summed E-state index contributed by atoms with van der Waals surface area (Å²) in [4.78, 5) is 15.1. The first-order valence-corrected chi connectivity index (χ1v) is 7.59. The smallest absolute Gasteiger partial charge is 0.254 e. The zero-order valence-electron chi connectivity index (χ0n) is 12.1. The molecule has 1 heterocycles. The molecule has 0 spiro atoms. The Kier molecular flexibility index (Phi) is 4.76. The summed E-state index contributed by atoms with van der Waals surface area (Å²) in [6, 6.07) is 8.27. The average Bonchev–Trinajstić information content (AvgIpc) is 2.38. The molecule has 0 aromatic heterocycles. The van der Waals surface area contributed by atoms with Gasteiger partial charge in [-0.15, -0.1) is 0 Å². The molecule has 1 aromatic rings. The molecule has 1 amide bonds. The number of rotatable bonds is 3. The molecule has 1 aliphatic heterocycles. The molecule has 1 fully saturated rings. The van der Waals surface area contributed by atoms with E-state index in [2.05, 4.69) is 13.8 Å². The number of hydrogen-bond acceptors (Lipinski definition) is 2. The number of carbonyl (C=O) groups is 1. The van der Waals surface area contributed by atoms with E-state index in [1.54, 1.807) is 0 Å². The van der Waals surface area contributed by atoms with E-state index < -0.39 is 0 Å². The van der Waals surface area contributed by atoms with Crippen LogP contribution in [0.15, 0.2) is 24.3 Å². The van der Waals surface area contributed by atoms with Gasteiger partial charge in [0.15, 0.2) is 0 Å². The van der Waals surface area contributed by atoms with E-state index in [0.717, 1.165) is 24.0 Å². The molecule has 2 unspecified atom stereocenters. The number of nitrogens with zero attached hydrogens (tertiary/aromatic N) is 1. The van der Waals surface area contributed by atoms with Crippen molar-refractivity contribution in [2.24, 2.45) is 5.73 Å². The van der Waals surface area contributed by atoms with Crippen molar-refractivity contribution in [3.05, 3.63) is 35.4 Å². The second-order valence-corrected chi connectivity index (χ2v) is 6.21. The SMILES string of the molecule is CC1CCCC(C)N1C(=O)c1ccc(CC(N)=S)cc1. The van der Waals surface area contributed by atoms with Gasteiger partial charge in [-0.1, -0.05) is 24.4 Å². The Hall–Kier alpha value is -1.42. The zero-order chi connectivity index (χ0) is 14.7. The predicted molar refractivity (Wildman–Crippen MR) is 85.9 cm³/mol. The lowest BCUT2D eigenvalue weighted by atomic mass is 9.96. The Labute approximate surface area is 126 Å². The van der Waals surface area contributed by atoms with Crippen LogP contribution in [0.1, 0.15) is 49.0 Å². The van der Waals surface area contributed by atoms with Gasteiger partial charge in [0.2, 0.25) is 0 Å². The highest BCUT2D eigenvalue weighted by Gasteiger charge is 2.29. The maximum absolute atomic E-state index is 12.6. The molecule has 1 aromatic carbocycles. The lowest BCUT2D eigenvalue weighted by Gasteiger charge is -2.39. The van der Waals surface area contributed by atoms with Crippen molar-refractivity contribution in [2.75, 3.05) is 0 Å². The van der Waals surface area contributed by atoms with Crippen molar-refractivity contribution in [3.63, 3.8) is 0 Å². The van der Waals surface area contributed by atoms with Gasteiger partial charge in [-0.05, 0) is 50.8 Å². The predicted octanol–water partition coefficient (Wildman–Crippen LogP) is 2.92. The van der Waals surface area contributed by atoms with Crippen LogP contribution in [0, 0.1) is 0 Å². The number of benzene rings is 1. The van der Waals surface area contributed by atoms with Crippen LogP contribution in [-0.2, 0) is 6.42 Å². The van der Waals surface area contributed by atoms with Crippen LogP contribution in [0.4, 0.5) is 0 Å². The Morgan fingerprint density at radius 3 is 2.30 bits per heavy atom. The van der Waals surface area contributed by atoms with E-state index in [4.69, 9.17) is 18.0 Å². The van der Waals surface area contributed by atoms with Crippen LogP contribution in [0.25, 0.3) is 0 Å². The number of hydrogen-bond donors (Lipinski definition) is 1. The fourth-order valence-corrected chi connectivity index (χ4v) is 3.10. The molecule has 0 bridgehead atoms. The van der Waals surface area contributed by atoms with E-state index >= 15 is 0 Å². The van der Waals surface area contributed by atoms with Crippen molar-refractivity contribution in [3.8, 4) is 0 Å². The summed E-state index contributed by atoms with van der Waals surface area (Å²) in [7, 11) is 0. The highest BCUT2D eigenvalue weighted by atomic mass is 32.1. The van der Waals surface area contributed by atoms with Crippen molar-refractivity contribution in [1.29, 1.82) is 0 Å². The summed E-state index contributed by atoms with van der Waals surface area (Å²) in [5, 5.41) is 0. The number of nitrogens with two attached hydrogens (primary N) is 1. The molecule has 2 rings (SSSR count). The molecule has 2 atom stereocenters. The zero-order valence-corrected chi connectivity index (χ0v) is 13.0. The Morgan fingerprint density at radius 2 is 1.80 bits per heavy atom. The molecular formula is C16H22N2OS. The lowest BCUT2D eigenvalue weighted by Crippen LogP contribution is -2.47. The number of amides is 1. The van der Waals surface area contributed by atoms with Crippen molar-refractivity contribution in [2.45, 2.75) is 51.6 Å². The molecular weight excluding hydrogens is 268 g/mol. The molecule has 20 heavy (non-hydrogen) atoms. The van der Waals surface area contributed by atoms with Gasteiger partial charge in [0, 0.05) is 24.1 Å². The Bertz CT molecular complexity index is 488. The Balaban J connectivity index is 2.14. The van der Waals surface area contributed by atoms with Crippen LogP contribution in [0.5, 0.6) is 0 Å². The van der Waals surface area contributed by atoms with Gasteiger partial charge in [0.05, 0.1) is 4.99 Å². The first-order chi connectivity index (χ1) is 9.49. The van der Waals surface area contributed by atoms with Crippen LogP contribution in [0.3, 0.4) is 0 Å². The maximum atomic E-state index is 12.6. The molecule has 1 saturated heterocycles. The van der Waals surface area contributed by atoms with Crippen LogP contribution < -0.4 is 5.73 Å². The normalized spacial score (nSPS) is 22.6. The summed E-state index contributed by atoms with van der Waals surface area (Å²) < 4.78 is 0. The van der Waals surface area contributed by atoms with E-state index in [1.165, 1.54) is 6.42 Å². The van der Waals surface area contributed by atoms with Crippen LogP contribution in [0.2, 0.25) is 0 Å². The lowest BCUT2D eigenvalue weighted by molar-refractivity contribution is 0.0511. The van der Waals surface area contributed by atoms with Crippen molar-refractivity contribution < 1.29 is 4.79 Å². The van der Waals surface area contributed by atoms with Gasteiger partial charge in [0.1, 0.15) is 0 Å². The summed E-state index contributed by atoms with van der Waals surface area (Å²) >= 11 is 4.90. The second kappa shape index (κ2) is 6.35.